The van der Waals surface area contributed by atoms with E-state index in [1.54, 1.807) is 19.0 Å². The van der Waals surface area contributed by atoms with E-state index in [2.05, 4.69) is 5.32 Å². The summed E-state index contributed by atoms with van der Waals surface area (Å²) in [6, 6.07) is 3.16. The maximum atomic E-state index is 12.6. The van der Waals surface area contributed by atoms with Gasteiger partial charge in [-0.25, -0.2) is 0 Å². The van der Waals surface area contributed by atoms with Crippen LogP contribution in [0.5, 0.6) is 0 Å². The molecule has 0 radical (unpaired) electrons. The van der Waals surface area contributed by atoms with Crippen LogP contribution >= 0.6 is 24.8 Å². The van der Waals surface area contributed by atoms with Crippen LogP contribution in [-0.2, 0) is 11.0 Å². The number of carbonyl (C=O) groups excluding carboxylic acids is 1. The summed E-state index contributed by atoms with van der Waals surface area (Å²) in [6.45, 7) is -0.289. The molecule has 0 unspecified atom stereocenters. The number of amides is 1. The van der Waals surface area contributed by atoms with Crippen molar-refractivity contribution in [3.8, 4) is 0 Å². The maximum absolute atomic E-state index is 12.6. The molecule has 1 amide bonds. The van der Waals surface area contributed by atoms with E-state index < -0.39 is 17.6 Å². The third-order valence-corrected chi connectivity index (χ3v) is 2.27. The van der Waals surface area contributed by atoms with Gasteiger partial charge in [-0.15, -0.1) is 24.8 Å². The van der Waals surface area contributed by atoms with Crippen molar-refractivity contribution in [2.24, 2.45) is 5.73 Å². The average Bonchev–Trinajstić information content (AvgIpc) is 2.27. The van der Waals surface area contributed by atoms with Gasteiger partial charge in [0.25, 0.3) is 0 Å². The van der Waals surface area contributed by atoms with E-state index in [1.807, 2.05) is 0 Å². The predicted molar refractivity (Wildman–Crippen MR) is 78.0 cm³/mol. The van der Waals surface area contributed by atoms with E-state index in [4.69, 9.17) is 5.73 Å². The molecule has 4 nitrogen and oxygen atoms in total. The molecule has 0 fully saturated rings. The fourth-order valence-corrected chi connectivity index (χ4v) is 1.40. The van der Waals surface area contributed by atoms with Crippen molar-refractivity contribution in [2.45, 2.75) is 6.18 Å². The monoisotopic (exact) mass is 333 g/mol. The lowest BCUT2D eigenvalue weighted by Gasteiger charge is -2.19. The SMILES string of the molecule is CN(C)c1ccc(C(F)(F)F)cc1NC(=O)CN.Cl.Cl. The fraction of sp³-hybridized carbons (Fsp3) is 0.364. The van der Waals surface area contributed by atoms with Gasteiger partial charge in [0.2, 0.25) is 5.91 Å². The Morgan fingerprint density at radius 1 is 1.30 bits per heavy atom. The summed E-state index contributed by atoms with van der Waals surface area (Å²) in [5.74, 6) is -0.544. The highest BCUT2D eigenvalue weighted by molar-refractivity contribution is 5.95. The number of anilines is 2. The van der Waals surface area contributed by atoms with Crippen LogP contribution in [0.1, 0.15) is 5.56 Å². The Labute approximate surface area is 127 Å². The number of alkyl halides is 3. The number of carbonyl (C=O) groups is 1. The second kappa shape index (κ2) is 8.18. The molecule has 0 aliphatic carbocycles. The number of hydrogen-bond acceptors (Lipinski definition) is 3. The van der Waals surface area contributed by atoms with Crippen molar-refractivity contribution >= 4 is 42.1 Å². The summed E-state index contributed by atoms with van der Waals surface area (Å²) in [5, 5.41) is 2.35. The minimum absolute atomic E-state index is 0. The van der Waals surface area contributed by atoms with E-state index in [0.29, 0.717) is 5.69 Å². The minimum Gasteiger partial charge on any atom is -0.376 e. The van der Waals surface area contributed by atoms with E-state index in [1.165, 1.54) is 6.07 Å². The van der Waals surface area contributed by atoms with Crippen molar-refractivity contribution in [3.63, 3.8) is 0 Å². The Balaban J connectivity index is 0. The zero-order valence-electron chi connectivity index (χ0n) is 10.8. The molecule has 0 saturated heterocycles. The quantitative estimate of drug-likeness (QED) is 0.893. The standard InChI is InChI=1S/C11H14F3N3O.2ClH/c1-17(2)9-4-3-7(11(12,13)14)5-8(9)16-10(18)6-15;;/h3-5H,6,15H2,1-2H3,(H,16,18);2*1H. The maximum Gasteiger partial charge on any atom is 0.416 e. The van der Waals surface area contributed by atoms with Gasteiger partial charge in [0.05, 0.1) is 23.5 Å². The zero-order valence-corrected chi connectivity index (χ0v) is 12.5. The molecule has 0 atom stereocenters. The lowest BCUT2D eigenvalue weighted by molar-refractivity contribution is -0.137. The predicted octanol–water partition coefficient (Wildman–Crippen LogP) is 2.51. The molecule has 0 bridgehead atoms. The first kappa shape index (κ1) is 21.1. The summed E-state index contributed by atoms with van der Waals surface area (Å²) in [4.78, 5) is 12.8. The first-order valence-electron chi connectivity index (χ1n) is 5.14. The van der Waals surface area contributed by atoms with Crippen LogP contribution in [0.3, 0.4) is 0 Å². The van der Waals surface area contributed by atoms with Crippen molar-refractivity contribution in [2.75, 3.05) is 30.9 Å². The van der Waals surface area contributed by atoms with Gasteiger partial charge in [0.1, 0.15) is 0 Å². The van der Waals surface area contributed by atoms with Crippen LogP contribution < -0.4 is 16.0 Å². The van der Waals surface area contributed by atoms with Gasteiger partial charge in [-0.2, -0.15) is 13.2 Å². The average molecular weight is 334 g/mol. The molecule has 1 rings (SSSR count). The summed E-state index contributed by atoms with van der Waals surface area (Å²) < 4.78 is 37.7. The Morgan fingerprint density at radius 2 is 1.85 bits per heavy atom. The third kappa shape index (κ3) is 5.44. The summed E-state index contributed by atoms with van der Waals surface area (Å²) in [5.41, 5.74) is 4.87. The van der Waals surface area contributed by atoms with Crippen LogP contribution in [0, 0.1) is 0 Å². The molecule has 0 saturated carbocycles. The van der Waals surface area contributed by atoms with Crippen LogP contribution in [0.4, 0.5) is 24.5 Å². The molecule has 0 aliphatic heterocycles. The lowest BCUT2D eigenvalue weighted by atomic mass is 10.1. The number of rotatable bonds is 3. The first-order chi connectivity index (χ1) is 8.25. The Kier molecular flexibility index (Phi) is 8.64. The van der Waals surface area contributed by atoms with Gasteiger partial charge >= 0.3 is 6.18 Å². The molecular weight excluding hydrogens is 318 g/mol. The summed E-state index contributed by atoms with van der Waals surface area (Å²) in [6.07, 6.45) is -4.45. The number of halogens is 5. The van der Waals surface area contributed by atoms with Crippen LogP contribution in [0.2, 0.25) is 0 Å². The highest BCUT2D eigenvalue weighted by Gasteiger charge is 2.31. The number of hydrogen-bond donors (Lipinski definition) is 2. The Hall–Kier alpha value is -1.18. The zero-order chi connectivity index (χ0) is 13.9. The van der Waals surface area contributed by atoms with Crippen molar-refractivity contribution in [3.05, 3.63) is 23.8 Å². The van der Waals surface area contributed by atoms with Gasteiger partial charge in [-0.3, -0.25) is 4.79 Å². The first-order valence-corrected chi connectivity index (χ1v) is 5.14. The lowest BCUT2D eigenvalue weighted by Crippen LogP contribution is -2.24. The van der Waals surface area contributed by atoms with E-state index >= 15 is 0 Å². The van der Waals surface area contributed by atoms with E-state index in [-0.39, 0.29) is 37.0 Å². The van der Waals surface area contributed by atoms with E-state index in [0.717, 1.165) is 12.1 Å². The van der Waals surface area contributed by atoms with Gasteiger partial charge in [-0.1, -0.05) is 0 Å². The number of nitrogens with two attached hydrogens (primary N) is 1. The molecule has 0 aliphatic rings. The molecule has 1 aromatic rings. The number of nitrogens with one attached hydrogen (secondary N) is 1. The Bertz CT molecular complexity index is 453. The number of nitrogens with zero attached hydrogens (tertiary/aromatic N) is 1. The molecule has 0 aromatic heterocycles. The third-order valence-electron chi connectivity index (χ3n) is 2.27. The summed E-state index contributed by atoms with van der Waals surface area (Å²) in [7, 11) is 3.33. The molecule has 0 heterocycles. The second-order valence-corrected chi connectivity index (χ2v) is 3.88. The van der Waals surface area contributed by atoms with Gasteiger partial charge in [0.15, 0.2) is 0 Å². The van der Waals surface area contributed by atoms with Gasteiger partial charge in [-0.05, 0) is 18.2 Å². The minimum atomic E-state index is -4.45. The van der Waals surface area contributed by atoms with Crippen LogP contribution in [-0.4, -0.2) is 26.5 Å². The van der Waals surface area contributed by atoms with Crippen molar-refractivity contribution in [1.82, 2.24) is 0 Å². The van der Waals surface area contributed by atoms with E-state index in [9.17, 15) is 18.0 Å². The van der Waals surface area contributed by atoms with Crippen molar-refractivity contribution < 1.29 is 18.0 Å². The highest BCUT2D eigenvalue weighted by atomic mass is 35.5. The largest absolute Gasteiger partial charge is 0.416 e. The molecule has 3 N–H and O–H groups in total. The smallest absolute Gasteiger partial charge is 0.376 e. The molecule has 1 aromatic carbocycles. The molecule has 0 spiro atoms. The molecule has 9 heteroatoms. The Morgan fingerprint density at radius 3 is 2.25 bits per heavy atom. The second-order valence-electron chi connectivity index (χ2n) is 3.88. The fourth-order valence-electron chi connectivity index (χ4n) is 1.40. The topological polar surface area (TPSA) is 58.4 Å². The van der Waals surface area contributed by atoms with Crippen LogP contribution in [0.25, 0.3) is 0 Å². The van der Waals surface area contributed by atoms with Crippen molar-refractivity contribution in [1.29, 1.82) is 0 Å². The molecule has 20 heavy (non-hydrogen) atoms. The van der Waals surface area contributed by atoms with Gasteiger partial charge < -0.3 is 16.0 Å². The molecule has 116 valence electrons. The molecular formula is C11H16Cl2F3N3O. The normalized spacial score (nSPS) is 10.1. The van der Waals surface area contributed by atoms with Gasteiger partial charge in [0, 0.05) is 14.1 Å². The van der Waals surface area contributed by atoms with Crippen LogP contribution in [0.15, 0.2) is 18.2 Å². The number of benzene rings is 1. The summed E-state index contributed by atoms with van der Waals surface area (Å²) >= 11 is 0. The highest BCUT2D eigenvalue weighted by Crippen LogP contribution is 2.34.